The van der Waals surface area contributed by atoms with Gasteiger partial charge in [-0.1, -0.05) is 48.9 Å². The van der Waals surface area contributed by atoms with E-state index in [1.165, 1.54) is 11.6 Å². The minimum Gasteiger partial charge on any atom is -0.271 e. The van der Waals surface area contributed by atoms with Gasteiger partial charge in [0.05, 0.1) is 6.04 Å². The van der Waals surface area contributed by atoms with Gasteiger partial charge in [0, 0.05) is 10.6 Å². The first-order valence-electron chi connectivity index (χ1n) is 6.63. The van der Waals surface area contributed by atoms with E-state index in [1.54, 1.807) is 12.1 Å². The van der Waals surface area contributed by atoms with E-state index in [2.05, 4.69) is 24.5 Å². The molecule has 0 radical (unpaired) electrons. The van der Waals surface area contributed by atoms with Gasteiger partial charge in [-0.15, -0.1) is 0 Å². The molecular formula is C16H18ClFN2. The van der Waals surface area contributed by atoms with Crippen LogP contribution in [0.4, 0.5) is 4.39 Å². The van der Waals surface area contributed by atoms with Crippen molar-refractivity contribution < 1.29 is 4.39 Å². The van der Waals surface area contributed by atoms with E-state index >= 15 is 0 Å². The van der Waals surface area contributed by atoms with Gasteiger partial charge in [0.25, 0.3) is 0 Å². The average Bonchev–Trinajstić information content (AvgIpc) is 2.47. The summed E-state index contributed by atoms with van der Waals surface area (Å²) in [6.45, 7) is 2.09. The fourth-order valence-electron chi connectivity index (χ4n) is 2.23. The molecule has 0 saturated carbocycles. The van der Waals surface area contributed by atoms with E-state index in [-0.39, 0.29) is 11.9 Å². The molecule has 0 aliphatic rings. The summed E-state index contributed by atoms with van der Waals surface area (Å²) in [5.74, 6) is 5.33. The smallest absolute Gasteiger partial charge is 0.127 e. The third-order valence-electron chi connectivity index (χ3n) is 3.43. The van der Waals surface area contributed by atoms with Crippen molar-refractivity contribution in [2.45, 2.75) is 25.8 Å². The van der Waals surface area contributed by atoms with Crippen LogP contribution in [0.2, 0.25) is 5.02 Å². The predicted molar refractivity (Wildman–Crippen MR) is 81.0 cm³/mol. The first-order chi connectivity index (χ1) is 9.65. The number of hydrogen-bond acceptors (Lipinski definition) is 2. The molecule has 0 spiro atoms. The van der Waals surface area contributed by atoms with E-state index in [0.29, 0.717) is 17.0 Å². The molecule has 0 aliphatic carbocycles. The highest BCUT2D eigenvalue weighted by atomic mass is 35.5. The van der Waals surface area contributed by atoms with Crippen molar-refractivity contribution in [1.29, 1.82) is 0 Å². The van der Waals surface area contributed by atoms with Crippen molar-refractivity contribution in [2.24, 2.45) is 5.84 Å². The maximum atomic E-state index is 13.9. The van der Waals surface area contributed by atoms with Gasteiger partial charge in [-0.2, -0.15) is 0 Å². The van der Waals surface area contributed by atoms with Crippen LogP contribution in [-0.4, -0.2) is 0 Å². The Bertz CT molecular complexity index is 566. The topological polar surface area (TPSA) is 38.0 Å². The highest BCUT2D eigenvalue weighted by Crippen LogP contribution is 2.26. The SMILES string of the molecule is CCc1cccc(C(Cc2c(F)cccc2Cl)NN)c1. The lowest BCUT2D eigenvalue weighted by Crippen LogP contribution is -2.30. The second-order valence-corrected chi connectivity index (χ2v) is 5.13. The molecule has 106 valence electrons. The maximum absolute atomic E-state index is 13.9. The molecule has 0 fully saturated rings. The van der Waals surface area contributed by atoms with Crippen molar-refractivity contribution in [2.75, 3.05) is 0 Å². The van der Waals surface area contributed by atoms with Gasteiger partial charge in [-0.25, -0.2) is 4.39 Å². The van der Waals surface area contributed by atoms with Crippen LogP contribution in [0.25, 0.3) is 0 Å². The van der Waals surface area contributed by atoms with Crippen molar-refractivity contribution in [1.82, 2.24) is 5.43 Å². The zero-order valence-corrected chi connectivity index (χ0v) is 12.1. The van der Waals surface area contributed by atoms with Crippen LogP contribution >= 0.6 is 11.6 Å². The van der Waals surface area contributed by atoms with E-state index in [1.807, 2.05) is 12.1 Å². The number of hydrogen-bond donors (Lipinski definition) is 2. The first kappa shape index (κ1) is 15.0. The summed E-state index contributed by atoms with van der Waals surface area (Å²) in [4.78, 5) is 0. The van der Waals surface area contributed by atoms with E-state index < -0.39 is 0 Å². The molecule has 1 unspecified atom stereocenters. The Morgan fingerprint density at radius 1 is 1.25 bits per heavy atom. The molecule has 2 rings (SSSR count). The van der Waals surface area contributed by atoms with Crippen LogP contribution in [0, 0.1) is 5.82 Å². The summed E-state index contributed by atoms with van der Waals surface area (Å²) >= 11 is 6.07. The summed E-state index contributed by atoms with van der Waals surface area (Å²) in [7, 11) is 0. The Labute approximate surface area is 123 Å². The number of halogens is 2. The number of benzene rings is 2. The molecule has 0 aliphatic heterocycles. The molecule has 1 atom stereocenters. The number of nitrogens with one attached hydrogen (secondary N) is 1. The molecule has 20 heavy (non-hydrogen) atoms. The summed E-state index contributed by atoms with van der Waals surface area (Å²) in [5.41, 5.74) is 5.49. The Morgan fingerprint density at radius 3 is 2.65 bits per heavy atom. The van der Waals surface area contributed by atoms with E-state index in [0.717, 1.165) is 12.0 Å². The first-order valence-corrected chi connectivity index (χ1v) is 7.01. The maximum Gasteiger partial charge on any atom is 0.127 e. The van der Waals surface area contributed by atoms with Crippen LogP contribution < -0.4 is 11.3 Å². The van der Waals surface area contributed by atoms with Crippen molar-refractivity contribution in [3.8, 4) is 0 Å². The molecule has 2 aromatic carbocycles. The largest absolute Gasteiger partial charge is 0.271 e. The third-order valence-corrected chi connectivity index (χ3v) is 3.79. The number of nitrogens with two attached hydrogens (primary N) is 1. The van der Waals surface area contributed by atoms with Gasteiger partial charge in [0.15, 0.2) is 0 Å². The standard InChI is InChI=1S/C16H18ClFN2/c1-2-11-5-3-6-12(9-11)16(20-19)10-13-14(17)7-4-8-15(13)18/h3-9,16,20H,2,10,19H2,1H3. The molecule has 2 nitrogen and oxygen atoms in total. The van der Waals surface area contributed by atoms with E-state index in [9.17, 15) is 4.39 Å². The summed E-state index contributed by atoms with van der Waals surface area (Å²) in [6, 6.07) is 12.7. The van der Waals surface area contributed by atoms with Gasteiger partial charge in [-0.3, -0.25) is 11.3 Å². The summed E-state index contributed by atoms with van der Waals surface area (Å²) in [5, 5.41) is 0.428. The molecule has 0 bridgehead atoms. The van der Waals surface area contributed by atoms with Crippen molar-refractivity contribution in [3.63, 3.8) is 0 Å². The lowest BCUT2D eigenvalue weighted by molar-refractivity contribution is 0.529. The lowest BCUT2D eigenvalue weighted by atomic mass is 9.97. The molecule has 0 amide bonds. The second kappa shape index (κ2) is 6.84. The number of hydrazine groups is 1. The molecule has 4 heteroatoms. The summed E-state index contributed by atoms with van der Waals surface area (Å²) < 4.78 is 13.9. The zero-order chi connectivity index (χ0) is 14.5. The monoisotopic (exact) mass is 292 g/mol. The predicted octanol–water partition coefficient (Wildman–Crippen LogP) is 3.79. The Balaban J connectivity index is 2.29. The lowest BCUT2D eigenvalue weighted by Gasteiger charge is -2.18. The third kappa shape index (κ3) is 3.37. The fourth-order valence-corrected chi connectivity index (χ4v) is 2.47. The Kier molecular flexibility index (Phi) is 5.12. The molecule has 2 aromatic rings. The average molecular weight is 293 g/mol. The Morgan fingerprint density at radius 2 is 2.00 bits per heavy atom. The quantitative estimate of drug-likeness (QED) is 0.650. The van der Waals surface area contributed by atoms with Gasteiger partial charge in [-0.05, 0) is 36.1 Å². The van der Waals surface area contributed by atoms with Crippen LogP contribution in [0.5, 0.6) is 0 Å². The highest BCUT2D eigenvalue weighted by molar-refractivity contribution is 6.31. The highest BCUT2D eigenvalue weighted by Gasteiger charge is 2.15. The zero-order valence-electron chi connectivity index (χ0n) is 11.4. The minimum atomic E-state index is -0.301. The van der Waals surface area contributed by atoms with Gasteiger partial charge in [0.2, 0.25) is 0 Å². The molecule has 0 saturated heterocycles. The van der Waals surface area contributed by atoms with Crippen molar-refractivity contribution in [3.05, 3.63) is 70.0 Å². The van der Waals surface area contributed by atoms with Crippen LogP contribution in [-0.2, 0) is 12.8 Å². The van der Waals surface area contributed by atoms with Gasteiger partial charge < -0.3 is 0 Å². The fraction of sp³-hybridized carbons (Fsp3) is 0.250. The Hall–Kier alpha value is -1.42. The number of aryl methyl sites for hydroxylation is 1. The van der Waals surface area contributed by atoms with E-state index in [4.69, 9.17) is 17.4 Å². The van der Waals surface area contributed by atoms with Crippen molar-refractivity contribution >= 4 is 11.6 Å². The summed E-state index contributed by atoms with van der Waals surface area (Å²) in [6.07, 6.45) is 1.36. The van der Waals surface area contributed by atoms with Crippen LogP contribution in [0.1, 0.15) is 29.7 Å². The molecule has 3 N–H and O–H groups in total. The second-order valence-electron chi connectivity index (χ2n) is 4.72. The normalized spacial score (nSPS) is 12.4. The molecular weight excluding hydrogens is 275 g/mol. The van der Waals surface area contributed by atoms with Crippen LogP contribution in [0.3, 0.4) is 0 Å². The van der Waals surface area contributed by atoms with Crippen LogP contribution in [0.15, 0.2) is 42.5 Å². The minimum absolute atomic E-state index is 0.170. The number of rotatable bonds is 5. The van der Waals surface area contributed by atoms with Gasteiger partial charge in [0.1, 0.15) is 5.82 Å². The molecule has 0 heterocycles. The van der Waals surface area contributed by atoms with Gasteiger partial charge >= 0.3 is 0 Å². The molecule has 0 aromatic heterocycles.